The van der Waals surface area contributed by atoms with Gasteiger partial charge in [-0.2, -0.15) is 0 Å². The average Bonchev–Trinajstić information content (AvgIpc) is 2.36. The molecule has 0 aromatic carbocycles. The van der Waals surface area contributed by atoms with Gasteiger partial charge >= 0.3 is 11.7 Å². The van der Waals surface area contributed by atoms with Gasteiger partial charge in [-0.15, -0.1) is 0 Å². The lowest BCUT2D eigenvalue weighted by Gasteiger charge is -2.29. The fraction of sp³-hybridized carbons (Fsp3) is 0.533. The first kappa shape index (κ1) is 16.1. The quantitative estimate of drug-likeness (QED) is 0.730. The lowest BCUT2D eigenvalue weighted by molar-refractivity contribution is -0.139. The van der Waals surface area contributed by atoms with Crippen LogP contribution in [-0.4, -0.2) is 22.5 Å². The van der Waals surface area contributed by atoms with Gasteiger partial charge in [0, 0.05) is 11.6 Å². The highest BCUT2D eigenvalue weighted by Gasteiger charge is 2.34. The maximum atomic E-state index is 12.3. The summed E-state index contributed by atoms with van der Waals surface area (Å²) in [5.41, 5.74) is 0.360. The highest BCUT2D eigenvalue weighted by Crippen LogP contribution is 2.38. The van der Waals surface area contributed by atoms with Crippen LogP contribution in [-0.2, 0) is 9.53 Å². The highest BCUT2D eigenvalue weighted by atomic mass is 16.5. The minimum absolute atomic E-state index is 0.263. The van der Waals surface area contributed by atoms with Crippen molar-refractivity contribution in [2.45, 2.75) is 40.0 Å². The van der Waals surface area contributed by atoms with Gasteiger partial charge in [-0.3, -0.25) is 14.8 Å². The molecule has 1 aliphatic rings. The third-order valence-electron chi connectivity index (χ3n) is 3.60. The maximum absolute atomic E-state index is 12.3. The predicted octanol–water partition coefficient (Wildman–Crippen LogP) is 1.46. The summed E-state index contributed by atoms with van der Waals surface area (Å²) in [7, 11) is 0. The number of H-pyrrole nitrogens is 2. The Morgan fingerprint density at radius 2 is 1.95 bits per heavy atom. The van der Waals surface area contributed by atoms with Crippen molar-refractivity contribution < 1.29 is 9.53 Å². The number of hydrogen-bond donors (Lipinski definition) is 3. The van der Waals surface area contributed by atoms with E-state index in [1.165, 1.54) is 0 Å². The number of aromatic amines is 2. The number of ether oxygens (including phenoxy) is 1. The first-order valence-corrected chi connectivity index (χ1v) is 7.36. The third kappa shape index (κ3) is 2.98. The van der Waals surface area contributed by atoms with Gasteiger partial charge in [-0.05, 0) is 26.2 Å². The number of nitrogens with one attached hydrogen (secondary N) is 3. The van der Waals surface area contributed by atoms with Crippen LogP contribution in [0.15, 0.2) is 20.9 Å². The molecule has 0 saturated heterocycles. The number of rotatable bonds is 4. The molecule has 0 amide bonds. The molecule has 1 atom stereocenters. The topological polar surface area (TPSA) is 104 Å². The van der Waals surface area contributed by atoms with Crippen LogP contribution in [0.25, 0.3) is 0 Å². The zero-order valence-corrected chi connectivity index (χ0v) is 13.2. The van der Waals surface area contributed by atoms with E-state index in [2.05, 4.69) is 15.3 Å². The molecule has 2 heterocycles. The molecular weight excluding hydrogens is 286 g/mol. The van der Waals surface area contributed by atoms with Crippen molar-refractivity contribution in [3.05, 3.63) is 37.7 Å². The Balaban J connectivity index is 2.62. The minimum Gasteiger partial charge on any atom is -0.463 e. The number of fused-ring (bicyclic) bond motifs is 1. The molecule has 1 aromatic rings. The molecule has 0 radical (unpaired) electrons. The Hall–Kier alpha value is -2.31. The Morgan fingerprint density at radius 1 is 1.27 bits per heavy atom. The lowest BCUT2D eigenvalue weighted by Crippen LogP contribution is -2.35. The van der Waals surface area contributed by atoms with E-state index < -0.39 is 23.1 Å². The molecule has 0 aliphatic carbocycles. The zero-order valence-electron chi connectivity index (χ0n) is 13.2. The summed E-state index contributed by atoms with van der Waals surface area (Å²) in [6, 6.07) is 0. The lowest BCUT2D eigenvalue weighted by atomic mass is 9.82. The molecule has 22 heavy (non-hydrogen) atoms. The summed E-state index contributed by atoms with van der Waals surface area (Å²) >= 11 is 0. The smallest absolute Gasteiger partial charge is 0.336 e. The van der Waals surface area contributed by atoms with Crippen molar-refractivity contribution in [2.75, 3.05) is 11.9 Å². The molecular formula is C15H21N3O4. The molecule has 0 spiro atoms. The van der Waals surface area contributed by atoms with Gasteiger partial charge in [0.1, 0.15) is 5.82 Å². The van der Waals surface area contributed by atoms with E-state index in [1.54, 1.807) is 13.8 Å². The van der Waals surface area contributed by atoms with Gasteiger partial charge in [0.15, 0.2) is 0 Å². The van der Waals surface area contributed by atoms with Crippen LogP contribution in [0.5, 0.6) is 0 Å². The molecule has 7 nitrogen and oxygen atoms in total. The summed E-state index contributed by atoms with van der Waals surface area (Å²) in [6.45, 7) is 7.76. The Bertz CT molecular complexity index is 727. The van der Waals surface area contributed by atoms with Crippen LogP contribution in [0.2, 0.25) is 0 Å². The SMILES string of the molecule is CCOC(=O)C1=C(C)Nc2[nH]c(=O)[nH]c(=O)c2C1CC(C)C. The van der Waals surface area contributed by atoms with Gasteiger partial charge in [0.05, 0.1) is 17.7 Å². The number of carbonyl (C=O) groups is 1. The normalized spacial score (nSPS) is 17.2. The maximum Gasteiger partial charge on any atom is 0.336 e. The molecule has 1 unspecified atom stereocenters. The van der Waals surface area contributed by atoms with E-state index in [9.17, 15) is 14.4 Å². The van der Waals surface area contributed by atoms with Crippen molar-refractivity contribution in [2.24, 2.45) is 5.92 Å². The summed E-state index contributed by atoms with van der Waals surface area (Å²) in [5, 5.41) is 2.94. The molecule has 120 valence electrons. The van der Waals surface area contributed by atoms with Gasteiger partial charge in [0.25, 0.3) is 5.56 Å². The van der Waals surface area contributed by atoms with Gasteiger partial charge in [0.2, 0.25) is 0 Å². The minimum atomic E-state index is -0.577. The predicted molar refractivity (Wildman–Crippen MR) is 82.8 cm³/mol. The number of anilines is 1. The van der Waals surface area contributed by atoms with E-state index in [4.69, 9.17) is 4.74 Å². The number of carbonyl (C=O) groups excluding carboxylic acids is 1. The average molecular weight is 307 g/mol. The fourth-order valence-electron chi connectivity index (χ4n) is 2.80. The molecule has 0 fully saturated rings. The zero-order chi connectivity index (χ0) is 16.4. The molecule has 7 heteroatoms. The summed E-state index contributed by atoms with van der Waals surface area (Å²) in [4.78, 5) is 40.8. The molecule has 2 rings (SSSR count). The van der Waals surface area contributed by atoms with E-state index in [0.29, 0.717) is 29.1 Å². The summed E-state index contributed by atoms with van der Waals surface area (Å²) < 4.78 is 5.12. The molecule has 3 N–H and O–H groups in total. The largest absolute Gasteiger partial charge is 0.463 e. The fourth-order valence-corrected chi connectivity index (χ4v) is 2.80. The van der Waals surface area contributed by atoms with Crippen molar-refractivity contribution in [1.82, 2.24) is 9.97 Å². The van der Waals surface area contributed by atoms with E-state index in [0.717, 1.165) is 0 Å². The second-order valence-corrected chi connectivity index (χ2v) is 5.76. The number of allylic oxidation sites excluding steroid dienone is 1. The summed E-state index contributed by atoms with van der Waals surface area (Å²) in [6.07, 6.45) is 0.606. The van der Waals surface area contributed by atoms with Crippen molar-refractivity contribution in [3.8, 4) is 0 Å². The third-order valence-corrected chi connectivity index (χ3v) is 3.60. The van der Waals surface area contributed by atoms with Crippen LogP contribution in [0.3, 0.4) is 0 Å². The first-order chi connectivity index (χ1) is 10.3. The van der Waals surface area contributed by atoms with Crippen LogP contribution in [0, 0.1) is 5.92 Å². The van der Waals surface area contributed by atoms with Gasteiger partial charge < -0.3 is 10.1 Å². The second-order valence-electron chi connectivity index (χ2n) is 5.76. The van der Waals surface area contributed by atoms with E-state index in [-0.39, 0.29) is 12.5 Å². The van der Waals surface area contributed by atoms with Crippen molar-refractivity contribution in [3.63, 3.8) is 0 Å². The highest BCUT2D eigenvalue weighted by molar-refractivity contribution is 5.93. The van der Waals surface area contributed by atoms with Crippen molar-refractivity contribution >= 4 is 11.8 Å². The van der Waals surface area contributed by atoms with Crippen LogP contribution in [0.4, 0.5) is 5.82 Å². The van der Waals surface area contributed by atoms with Crippen LogP contribution < -0.4 is 16.6 Å². The second kappa shape index (κ2) is 6.21. The monoisotopic (exact) mass is 307 g/mol. The number of hydrogen-bond acceptors (Lipinski definition) is 5. The van der Waals surface area contributed by atoms with Crippen molar-refractivity contribution in [1.29, 1.82) is 0 Å². The van der Waals surface area contributed by atoms with Gasteiger partial charge in [-0.25, -0.2) is 9.59 Å². The van der Waals surface area contributed by atoms with E-state index >= 15 is 0 Å². The van der Waals surface area contributed by atoms with Gasteiger partial charge in [-0.1, -0.05) is 13.8 Å². The molecule has 1 aliphatic heterocycles. The number of aromatic nitrogens is 2. The molecule has 0 bridgehead atoms. The van der Waals surface area contributed by atoms with Crippen LogP contribution in [0.1, 0.15) is 45.6 Å². The Kier molecular flexibility index (Phi) is 4.54. The number of esters is 1. The standard InChI is InChI=1S/C15H21N3O4/c1-5-22-14(20)10-8(4)16-12-11(9(10)6-7(2)3)13(19)18-15(21)17-12/h7,9H,5-6H2,1-4H3,(H3,16,17,18,19,21). The van der Waals surface area contributed by atoms with E-state index in [1.807, 2.05) is 13.8 Å². The molecule has 0 saturated carbocycles. The summed E-state index contributed by atoms with van der Waals surface area (Å²) in [5.74, 6) is -0.227. The first-order valence-electron chi connectivity index (χ1n) is 7.36. The Labute approximate surface area is 127 Å². The Morgan fingerprint density at radius 3 is 2.55 bits per heavy atom. The van der Waals surface area contributed by atoms with Crippen LogP contribution >= 0.6 is 0 Å². The molecule has 1 aromatic heterocycles.